The van der Waals surface area contributed by atoms with Gasteiger partial charge in [-0.15, -0.1) is 0 Å². The number of nitrogens with zero attached hydrogens (tertiary/aromatic N) is 3. The van der Waals surface area contributed by atoms with Gasteiger partial charge in [-0.3, -0.25) is 15.1 Å². The predicted molar refractivity (Wildman–Crippen MR) is 87.2 cm³/mol. The van der Waals surface area contributed by atoms with E-state index in [1.54, 1.807) is 0 Å². The lowest BCUT2D eigenvalue weighted by Crippen LogP contribution is -2.57. The maximum atomic E-state index is 9.66. The summed E-state index contributed by atoms with van der Waals surface area (Å²) in [5.41, 5.74) is -0.270. The Hall–Kier alpha value is -0.630. The highest BCUT2D eigenvalue weighted by Crippen LogP contribution is 2.31. The average molecular weight is 292 g/mol. The Morgan fingerprint density at radius 3 is 2.57 bits per heavy atom. The van der Waals surface area contributed by atoms with Crippen LogP contribution in [0.1, 0.15) is 52.9 Å². The quantitative estimate of drug-likeness (QED) is 0.844. The van der Waals surface area contributed by atoms with Crippen molar-refractivity contribution in [3.8, 4) is 6.07 Å². The molecule has 0 bridgehead atoms. The summed E-state index contributed by atoms with van der Waals surface area (Å²) in [6.45, 7) is 12.4. The second kappa shape index (κ2) is 7.58. The average Bonchev–Trinajstić information content (AvgIpc) is 2.53. The van der Waals surface area contributed by atoms with E-state index in [1.165, 1.54) is 25.9 Å². The van der Waals surface area contributed by atoms with Gasteiger partial charge in [-0.1, -0.05) is 6.92 Å². The van der Waals surface area contributed by atoms with Crippen molar-refractivity contribution in [2.45, 2.75) is 70.5 Å². The number of piperazine rings is 1. The second-order valence-electron chi connectivity index (χ2n) is 7.04. The van der Waals surface area contributed by atoms with Gasteiger partial charge in [0.05, 0.1) is 6.07 Å². The van der Waals surface area contributed by atoms with Crippen LogP contribution in [0.2, 0.25) is 0 Å². The Morgan fingerprint density at radius 2 is 2.00 bits per heavy atom. The number of nitriles is 1. The smallest absolute Gasteiger partial charge is 0.108 e. The first-order chi connectivity index (χ1) is 10.1. The van der Waals surface area contributed by atoms with E-state index < -0.39 is 0 Å². The Labute approximate surface area is 130 Å². The summed E-state index contributed by atoms with van der Waals surface area (Å²) < 4.78 is 0. The SMILES string of the molecule is CCCNC1(C#N)CCCC(N2CCN(C(C)C)CC2)C1. The van der Waals surface area contributed by atoms with Crippen molar-refractivity contribution < 1.29 is 0 Å². The van der Waals surface area contributed by atoms with Crippen molar-refractivity contribution in [3.63, 3.8) is 0 Å². The van der Waals surface area contributed by atoms with Gasteiger partial charge in [-0.05, 0) is 52.5 Å². The van der Waals surface area contributed by atoms with Crippen molar-refractivity contribution in [2.24, 2.45) is 0 Å². The molecule has 0 spiro atoms. The van der Waals surface area contributed by atoms with Crippen LogP contribution < -0.4 is 5.32 Å². The number of hydrogen-bond donors (Lipinski definition) is 1. The first-order valence-electron chi connectivity index (χ1n) is 8.74. The van der Waals surface area contributed by atoms with Gasteiger partial charge in [0.15, 0.2) is 0 Å². The van der Waals surface area contributed by atoms with Crippen LogP contribution in [-0.4, -0.2) is 60.1 Å². The van der Waals surface area contributed by atoms with Crippen molar-refractivity contribution >= 4 is 0 Å². The van der Waals surface area contributed by atoms with Crippen LogP contribution in [0.4, 0.5) is 0 Å². The Morgan fingerprint density at radius 1 is 1.29 bits per heavy atom. The largest absolute Gasteiger partial charge is 0.299 e. The molecular formula is C17H32N4. The lowest BCUT2D eigenvalue weighted by molar-refractivity contribution is 0.0510. The minimum atomic E-state index is -0.270. The third kappa shape index (κ3) is 4.18. The number of nitrogens with one attached hydrogen (secondary N) is 1. The van der Waals surface area contributed by atoms with Crippen LogP contribution in [-0.2, 0) is 0 Å². The molecule has 1 heterocycles. The van der Waals surface area contributed by atoms with Gasteiger partial charge < -0.3 is 0 Å². The molecule has 120 valence electrons. The van der Waals surface area contributed by atoms with Crippen LogP contribution in [0, 0.1) is 11.3 Å². The topological polar surface area (TPSA) is 42.3 Å². The Kier molecular flexibility index (Phi) is 6.04. The molecule has 2 fully saturated rings. The zero-order valence-corrected chi connectivity index (χ0v) is 14.1. The highest BCUT2D eigenvalue weighted by atomic mass is 15.3. The molecule has 2 unspecified atom stereocenters. The van der Waals surface area contributed by atoms with Crippen molar-refractivity contribution in [3.05, 3.63) is 0 Å². The summed E-state index contributed by atoms with van der Waals surface area (Å²) in [5, 5.41) is 13.2. The normalized spacial score (nSPS) is 32.2. The molecule has 21 heavy (non-hydrogen) atoms. The van der Waals surface area contributed by atoms with Crippen LogP contribution in [0.3, 0.4) is 0 Å². The van der Waals surface area contributed by atoms with Crippen molar-refractivity contribution in [1.82, 2.24) is 15.1 Å². The minimum Gasteiger partial charge on any atom is -0.299 e. The maximum absolute atomic E-state index is 9.66. The van der Waals surface area contributed by atoms with Gasteiger partial charge in [-0.25, -0.2) is 0 Å². The van der Waals surface area contributed by atoms with Gasteiger partial charge in [0.2, 0.25) is 0 Å². The molecule has 1 saturated heterocycles. The van der Waals surface area contributed by atoms with E-state index in [4.69, 9.17) is 0 Å². The minimum absolute atomic E-state index is 0.270. The van der Waals surface area contributed by atoms with Crippen molar-refractivity contribution in [1.29, 1.82) is 5.26 Å². The second-order valence-corrected chi connectivity index (χ2v) is 7.04. The number of rotatable bonds is 5. The lowest BCUT2D eigenvalue weighted by Gasteiger charge is -2.45. The monoisotopic (exact) mass is 292 g/mol. The summed E-state index contributed by atoms with van der Waals surface area (Å²) in [6.07, 6.45) is 5.57. The lowest BCUT2D eigenvalue weighted by atomic mass is 9.79. The number of hydrogen-bond acceptors (Lipinski definition) is 4. The molecule has 2 aliphatic rings. The Bertz CT molecular complexity index is 354. The molecule has 2 atom stereocenters. The molecule has 0 amide bonds. The van der Waals surface area contributed by atoms with Crippen LogP contribution in [0.25, 0.3) is 0 Å². The third-order valence-corrected chi connectivity index (χ3v) is 5.25. The van der Waals surface area contributed by atoms with Gasteiger partial charge in [0, 0.05) is 38.3 Å². The molecule has 1 aliphatic heterocycles. The van der Waals surface area contributed by atoms with E-state index in [9.17, 15) is 5.26 Å². The van der Waals surface area contributed by atoms with Gasteiger partial charge in [-0.2, -0.15) is 5.26 Å². The maximum Gasteiger partial charge on any atom is 0.108 e. The van der Waals surface area contributed by atoms with Crippen molar-refractivity contribution in [2.75, 3.05) is 32.7 Å². The molecule has 0 aromatic rings. The molecule has 4 heteroatoms. The molecular weight excluding hydrogens is 260 g/mol. The van der Waals surface area contributed by atoms with Gasteiger partial charge in [0.25, 0.3) is 0 Å². The fourth-order valence-electron chi connectivity index (χ4n) is 3.84. The summed E-state index contributed by atoms with van der Waals surface area (Å²) >= 11 is 0. The zero-order valence-electron chi connectivity index (χ0n) is 14.1. The molecule has 0 radical (unpaired) electrons. The zero-order chi connectivity index (χ0) is 15.3. The van der Waals surface area contributed by atoms with Gasteiger partial charge >= 0.3 is 0 Å². The highest BCUT2D eigenvalue weighted by molar-refractivity contribution is 5.11. The van der Waals surface area contributed by atoms with E-state index in [0.717, 1.165) is 38.9 Å². The van der Waals surface area contributed by atoms with E-state index in [1.807, 2.05) is 0 Å². The first kappa shape index (κ1) is 16.7. The van der Waals surface area contributed by atoms with Crippen LogP contribution in [0.5, 0.6) is 0 Å². The molecule has 1 aliphatic carbocycles. The van der Waals surface area contributed by atoms with E-state index in [0.29, 0.717) is 12.1 Å². The Balaban J connectivity index is 1.91. The summed E-state index contributed by atoms with van der Waals surface area (Å²) in [6, 6.07) is 3.85. The first-order valence-corrected chi connectivity index (χ1v) is 8.74. The molecule has 1 saturated carbocycles. The molecule has 0 aromatic carbocycles. The van der Waals surface area contributed by atoms with Crippen LogP contribution >= 0.6 is 0 Å². The van der Waals surface area contributed by atoms with E-state index >= 15 is 0 Å². The van der Waals surface area contributed by atoms with Crippen LogP contribution in [0.15, 0.2) is 0 Å². The summed E-state index contributed by atoms with van der Waals surface area (Å²) in [5.74, 6) is 0. The highest BCUT2D eigenvalue weighted by Gasteiger charge is 2.38. The van der Waals surface area contributed by atoms with Gasteiger partial charge in [0.1, 0.15) is 5.54 Å². The van der Waals surface area contributed by atoms with E-state index in [-0.39, 0.29) is 5.54 Å². The van der Waals surface area contributed by atoms with E-state index in [2.05, 4.69) is 42.0 Å². The molecule has 1 N–H and O–H groups in total. The molecule has 2 rings (SSSR count). The third-order valence-electron chi connectivity index (χ3n) is 5.25. The molecule has 4 nitrogen and oxygen atoms in total. The molecule has 0 aromatic heterocycles. The predicted octanol–water partition coefficient (Wildman–Crippen LogP) is 2.22. The summed E-state index contributed by atoms with van der Waals surface area (Å²) in [4.78, 5) is 5.20. The standard InChI is InChI=1S/C17H32N4/c1-4-8-19-17(14-18)7-5-6-16(13-17)21-11-9-20(10-12-21)15(2)3/h15-16,19H,4-13H2,1-3H3. The fourth-order valence-corrected chi connectivity index (χ4v) is 3.84. The fraction of sp³-hybridized carbons (Fsp3) is 0.941. The summed E-state index contributed by atoms with van der Waals surface area (Å²) in [7, 11) is 0.